The molecule has 0 fully saturated rings. The summed E-state index contributed by atoms with van der Waals surface area (Å²) in [6.07, 6.45) is 4.36. The van der Waals surface area contributed by atoms with Gasteiger partial charge < -0.3 is 25.4 Å². The van der Waals surface area contributed by atoms with Gasteiger partial charge in [0.25, 0.3) is 0 Å². The highest BCUT2D eigenvalue weighted by Gasteiger charge is 2.13. The van der Waals surface area contributed by atoms with Gasteiger partial charge in [-0.15, -0.1) is 0 Å². The lowest BCUT2D eigenvalue weighted by Crippen LogP contribution is -2.19. The largest absolute Gasteiger partial charge is 0.493 e. The van der Waals surface area contributed by atoms with Crippen molar-refractivity contribution >= 4 is 29.0 Å². The van der Waals surface area contributed by atoms with Crippen LogP contribution in [0.4, 0.5) is 27.8 Å². The third kappa shape index (κ3) is 5.99. The van der Waals surface area contributed by atoms with Crippen LogP contribution < -0.4 is 25.4 Å². The molecule has 0 aliphatic rings. The number of carbonyl (C=O) groups is 1. The van der Waals surface area contributed by atoms with E-state index in [1.807, 2.05) is 43.3 Å². The Morgan fingerprint density at radius 3 is 2.45 bits per heavy atom. The third-order valence-electron chi connectivity index (χ3n) is 5.19. The summed E-state index contributed by atoms with van der Waals surface area (Å²) in [6, 6.07) is 18.2. The average molecular weight is 510 g/mol. The van der Waals surface area contributed by atoms with Crippen LogP contribution in [0.1, 0.15) is 5.69 Å². The predicted octanol–water partition coefficient (Wildman–Crippen LogP) is 5.15. The van der Waals surface area contributed by atoms with Gasteiger partial charge >= 0.3 is 12.0 Å². The highest BCUT2D eigenvalue weighted by Crippen LogP contribution is 2.33. The van der Waals surface area contributed by atoms with Crippen molar-refractivity contribution in [1.82, 2.24) is 30.1 Å². The van der Waals surface area contributed by atoms with Crippen LogP contribution in [-0.2, 0) is 0 Å². The van der Waals surface area contributed by atoms with Crippen LogP contribution in [0.15, 0.2) is 79.4 Å². The maximum atomic E-state index is 12.3. The van der Waals surface area contributed by atoms with Crippen molar-refractivity contribution in [3.63, 3.8) is 0 Å². The molecule has 0 spiro atoms. The predicted molar refractivity (Wildman–Crippen MR) is 142 cm³/mol. The Balaban J connectivity index is 1.28. The SMILES string of the molecule is COc1cc(NC(=O)Nc2cncnc2)ccc1Oc1nc(C)cc(Nc2cc(-c3ccccc3)[nH]n2)n1. The monoisotopic (exact) mass is 509 g/mol. The van der Waals surface area contributed by atoms with Gasteiger partial charge in [0.05, 0.1) is 30.9 Å². The van der Waals surface area contributed by atoms with Gasteiger partial charge in [-0.05, 0) is 24.6 Å². The van der Waals surface area contributed by atoms with E-state index in [2.05, 4.69) is 46.1 Å². The van der Waals surface area contributed by atoms with Gasteiger partial charge in [-0.1, -0.05) is 30.3 Å². The second-order valence-corrected chi connectivity index (χ2v) is 8.01. The molecule has 3 aromatic heterocycles. The topological polar surface area (TPSA) is 152 Å². The highest BCUT2D eigenvalue weighted by atomic mass is 16.5. The van der Waals surface area contributed by atoms with Gasteiger partial charge in [-0.3, -0.25) is 5.10 Å². The summed E-state index contributed by atoms with van der Waals surface area (Å²) in [7, 11) is 1.50. The van der Waals surface area contributed by atoms with E-state index in [0.29, 0.717) is 40.2 Å². The molecule has 0 unspecified atom stereocenters. The molecular weight excluding hydrogens is 486 g/mol. The number of urea groups is 1. The summed E-state index contributed by atoms with van der Waals surface area (Å²) in [5.74, 6) is 1.86. The minimum Gasteiger partial charge on any atom is -0.493 e. The number of rotatable bonds is 8. The number of amides is 2. The highest BCUT2D eigenvalue weighted by molar-refractivity contribution is 5.99. The molecule has 190 valence electrons. The number of anilines is 4. The zero-order valence-corrected chi connectivity index (χ0v) is 20.5. The number of ether oxygens (including phenoxy) is 2. The van der Waals surface area contributed by atoms with Crippen molar-refractivity contribution in [1.29, 1.82) is 0 Å². The summed E-state index contributed by atoms with van der Waals surface area (Å²) in [5, 5.41) is 15.9. The number of aryl methyl sites for hydroxylation is 1. The Kier molecular flexibility index (Phi) is 7.02. The molecule has 4 N–H and O–H groups in total. The number of hydrogen-bond donors (Lipinski definition) is 4. The smallest absolute Gasteiger partial charge is 0.324 e. The molecule has 0 aliphatic carbocycles. The number of methoxy groups -OCH3 is 1. The van der Waals surface area contributed by atoms with Gasteiger partial charge in [0.1, 0.15) is 12.1 Å². The number of nitrogens with zero attached hydrogens (tertiary/aromatic N) is 5. The molecule has 0 bridgehead atoms. The molecule has 0 aliphatic heterocycles. The van der Waals surface area contributed by atoms with Crippen LogP contribution in [-0.4, -0.2) is 43.3 Å². The van der Waals surface area contributed by atoms with E-state index in [1.54, 1.807) is 24.3 Å². The summed E-state index contributed by atoms with van der Waals surface area (Å²) in [5.41, 5.74) is 3.54. The van der Waals surface area contributed by atoms with Crippen LogP contribution in [0.5, 0.6) is 17.5 Å². The Bertz CT molecular complexity index is 1540. The van der Waals surface area contributed by atoms with Crippen molar-refractivity contribution in [3.05, 3.63) is 85.1 Å². The van der Waals surface area contributed by atoms with E-state index < -0.39 is 6.03 Å². The normalized spacial score (nSPS) is 10.5. The Morgan fingerprint density at radius 2 is 1.66 bits per heavy atom. The van der Waals surface area contributed by atoms with Crippen LogP contribution in [0.3, 0.4) is 0 Å². The van der Waals surface area contributed by atoms with Crippen molar-refractivity contribution in [3.8, 4) is 28.8 Å². The molecule has 2 aromatic carbocycles. The second-order valence-electron chi connectivity index (χ2n) is 8.01. The molecule has 0 saturated heterocycles. The van der Waals surface area contributed by atoms with Crippen molar-refractivity contribution < 1.29 is 14.3 Å². The van der Waals surface area contributed by atoms with E-state index in [9.17, 15) is 4.79 Å². The molecule has 0 atom stereocenters. The summed E-state index contributed by atoms with van der Waals surface area (Å²) in [4.78, 5) is 28.8. The van der Waals surface area contributed by atoms with Crippen LogP contribution in [0.2, 0.25) is 0 Å². The van der Waals surface area contributed by atoms with E-state index in [-0.39, 0.29) is 6.01 Å². The van der Waals surface area contributed by atoms with Gasteiger partial charge in [0.15, 0.2) is 17.3 Å². The first-order chi connectivity index (χ1) is 18.6. The standard InChI is InChI=1S/C26H23N9O3/c1-16-10-23(32-24-12-20(34-35-24)17-6-4-3-5-7-17)33-26(29-16)38-21-9-8-18(11-22(21)37-2)30-25(36)31-19-13-27-15-28-14-19/h3-15H,1-2H3,(H2,30,31,36)(H2,29,32,33,34,35). The van der Waals surface area contributed by atoms with E-state index in [4.69, 9.17) is 9.47 Å². The molecule has 3 heterocycles. The maximum Gasteiger partial charge on any atom is 0.324 e. The third-order valence-corrected chi connectivity index (χ3v) is 5.19. The van der Waals surface area contributed by atoms with Gasteiger partial charge in [0.2, 0.25) is 0 Å². The summed E-state index contributed by atoms with van der Waals surface area (Å²) in [6.45, 7) is 1.83. The maximum absolute atomic E-state index is 12.3. The Morgan fingerprint density at radius 1 is 0.868 bits per heavy atom. The van der Waals surface area contributed by atoms with Crippen molar-refractivity contribution in [2.75, 3.05) is 23.1 Å². The number of carbonyl (C=O) groups excluding carboxylic acids is 1. The minimum absolute atomic E-state index is 0.118. The number of aromatic amines is 1. The molecular formula is C26H23N9O3. The lowest BCUT2D eigenvalue weighted by Gasteiger charge is -2.13. The fourth-order valence-corrected chi connectivity index (χ4v) is 3.52. The number of benzene rings is 2. The van der Waals surface area contributed by atoms with Gasteiger partial charge in [0, 0.05) is 29.6 Å². The minimum atomic E-state index is -0.456. The lowest BCUT2D eigenvalue weighted by molar-refractivity contribution is 0.262. The van der Waals surface area contributed by atoms with Crippen LogP contribution in [0, 0.1) is 6.92 Å². The molecule has 38 heavy (non-hydrogen) atoms. The number of hydrogen-bond acceptors (Lipinski definition) is 9. The Labute approximate surface area is 217 Å². The first kappa shape index (κ1) is 24.2. The Hall–Kier alpha value is -5.52. The molecule has 0 saturated carbocycles. The van der Waals surface area contributed by atoms with Gasteiger partial charge in [-0.25, -0.2) is 19.7 Å². The average Bonchev–Trinajstić information content (AvgIpc) is 3.38. The first-order valence-electron chi connectivity index (χ1n) is 11.5. The lowest BCUT2D eigenvalue weighted by atomic mass is 10.2. The zero-order chi connectivity index (χ0) is 26.3. The molecule has 0 radical (unpaired) electrons. The molecule has 5 rings (SSSR count). The van der Waals surface area contributed by atoms with Crippen LogP contribution in [0.25, 0.3) is 11.3 Å². The fourth-order valence-electron chi connectivity index (χ4n) is 3.52. The zero-order valence-electron chi connectivity index (χ0n) is 20.5. The van der Waals surface area contributed by atoms with Crippen LogP contribution >= 0.6 is 0 Å². The van der Waals surface area contributed by atoms with Crippen molar-refractivity contribution in [2.45, 2.75) is 6.92 Å². The number of aromatic nitrogens is 6. The molecule has 12 nitrogen and oxygen atoms in total. The summed E-state index contributed by atoms with van der Waals surface area (Å²) >= 11 is 0. The fraction of sp³-hybridized carbons (Fsp3) is 0.0769. The van der Waals surface area contributed by atoms with E-state index >= 15 is 0 Å². The first-order valence-corrected chi connectivity index (χ1v) is 11.5. The van der Waals surface area contributed by atoms with E-state index in [0.717, 1.165) is 11.3 Å². The quantitative estimate of drug-likeness (QED) is 0.222. The van der Waals surface area contributed by atoms with Gasteiger partial charge in [-0.2, -0.15) is 10.1 Å². The molecule has 12 heteroatoms. The molecule has 5 aromatic rings. The number of H-pyrrole nitrogens is 1. The second kappa shape index (κ2) is 11.0. The summed E-state index contributed by atoms with van der Waals surface area (Å²) < 4.78 is 11.4. The number of nitrogens with one attached hydrogen (secondary N) is 4. The molecule has 2 amide bonds. The van der Waals surface area contributed by atoms with Crippen molar-refractivity contribution in [2.24, 2.45) is 0 Å². The van der Waals surface area contributed by atoms with E-state index in [1.165, 1.54) is 25.8 Å².